The summed E-state index contributed by atoms with van der Waals surface area (Å²) in [6, 6.07) is 13.5. The van der Waals surface area contributed by atoms with Crippen molar-refractivity contribution in [2.45, 2.75) is 6.43 Å². The van der Waals surface area contributed by atoms with E-state index < -0.39 is 6.43 Å². The van der Waals surface area contributed by atoms with E-state index >= 15 is 0 Å². The summed E-state index contributed by atoms with van der Waals surface area (Å²) in [5, 5.41) is 0.633. The lowest BCUT2D eigenvalue weighted by Gasteiger charge is -2.04. The molecule has 0 aromatic heterocycles. The van der Waals surface area contributed by atoms with Gasteiger partial charge in [-0.3, -0.25) is 0 Å². The fraction of sp³-hybridized carbons (Fsp3) is 0.0769. The largest absolute Gasteiger partial charge is 0.263 e. The molecule has 0 nitrogen and oxygen atoms in total. The van der Waals surface area contributed by atoms with Crippen LogP contribution < -0.4 is 0 Å². The normalized spacial score (nSPS) is 10.8. The Morgan fingerprint density at radius 1 is 0.875 bits per heavy atom. The molecule has 0 aliphatic carbocycles. The molecular formula is C13H9ClF2. The number of halogens is 3. The molecule has 0 atom stereocenters. The molecule has 2 rings (SSSR count). The van der Waals surface area contributed by atoms with Gasteiger partial charge in [-0.15, -0.1) is 0 Å². The molecule has 0 aliphatic heterocycles. The van der Waals surface area contributed by atoms with Crippen LogP contribution in [0.4, 0.5) is 8.78 Å². The summed E-state index contributed by atoms with van der Waals surface area (Å²) in [4.78, 5) is 0. The average molecular weight is 239 g/mol. The summed E-state index contributed by atoms with van der Waals surface area (Å²) in [6.45, 7) is 0. The molecule has 3 heteroatoms. The first kappa shape index (κ1) is 11.1. The van der Waals surface area contributed by atoms with Gasteiger partial charge in [-0.1, -0.05) is 41.9 Å². The van der Waals surface area contributed by atoms with E-state index in [4.69, 9.17) is 11.6 Å². The van der Waals surface area contributed by atoms with Crippen LogP contribution in [0.2, 0.25) is 5.02 Å². The average Bonchev–Trinajstić information content (AvgIpc) is 2.30. The second-order valence-corrected chi connectivity index (χ2v) is 3.87. The van der Waals surface area contributed by atoms with Crippen LogP contribution in [0.25, 0.3) is 11.1 Å². The Kier molecular flexibility index (Phi) is 3.20. The van der Waals surface area contributed by atoms with Crippen LogP contribution in [-0.4, -0.2) is 0 Å². The SMILES string of the molecule is FC(F)c1cccc(-c2ccc(Cl)cc2)c1. The Bertz CT molecular complexity index is 478. The van der Waals surface area contributed by atoms with Crippen LogP contribution in [-0.2, 0) is 0 Å². The summed E-state index contributed by atoms with van der Waals surface area (Å²) in [5.41, 5.74) is 1.69. The van der Waals surface area contributed by atoms with E-state index in [1.165, 1.54) is 12.1 Å². The standard InChI is InChI=1S/C13H9ClF2/c14-12-6-4-9(5-7-12)10-2-1-3-11(8-10)13(15)16/h1-8,13H. The third-order valence-electron chi connectivity index (χ3n) is 2.32. The Morgan fingerprint density at radius 2 is 1.56 bits per heavy atom. The lowest BCUT2D eigenvalue weighted by atomic mass is 10.0. The summed E-state index contributed by atoms with van der Waals surface area (Å²) >= 11 is 5.76. The van der Waals surface area contributed by atoms with E-state index in [0.717, 1.165) is 11.1 Å². The first-order valence-corrected chi connectivity index (χ1v) is 5.18. The molecule has 0 spiro atoms. The van der Waals surface area contributed by atoms with Crippen LogP contribution in [0.5, 0.6) is 0 Å². The number of alkyl halides is 2. The molecule has 0 unspecified atom stereocenters. The zero-order valence-electron chi connectivity index (χ0n) is 8.33. The van der Waals surface area contributed by atoms with Gasteiger partial charge in [0.25, 0.3) is 6.43 Å². The van der Waals surface area contributed by atoms with Gasteiger partial charge in [0.1, 0.15) is 0 Å². The zero-order chi connectivity index (χ0) is 11.5. The van der Waals surface area contributed by atoms with Gasteiger partial charge in [-0.05, 0) is 29.3 Å². The Hall–Kier alpha value is -1.41. The van der Waals surface area contributed by atoms with E-state index in [1.807, 2.05) is 12.1 Å². The minimum atomic E-state index is -2.44. The molecule has 0 heterocycles. The van der Waals surface area contributed by atoms with Crippen molar-refractivity contribution in [1.29, 1.82) is 0 Å². The fourth-order valence-electron chi connectivity index (χ4n) is 1.50. The fourth-order valence-corrected chi connectivity index (χ4v) is 1.62. The lowest BCUT2D eigenvalue weighted by molar-refractivity contribution is 0.151. The Morgan fingerprint density at radius 3 is 2.19 bits per heavy atom. The van der Waals surface area contributed by atoms with Crippen molar-refractivity contribution in [2.24, 2.45) is 0 Å². The third kappa shape index (κ3) is 2.39. The topological polar surface area (TPSA) is 0 Å². The van der Waals surface area contributed by atoms with Crippen molar-refractivity contribution in [3.8, 4) is 11.1 Å². The number of rotatable bonds is 2. The summed E-state index contributed by atoms with van der Waals surface area (Å²) in [7, 11) is 0. The van der Waals surface area contributed by atoms with Crippen molar-refractivity contribution < 1.29 is 8.78 Å². The molecule has 0 aliphatic rings. The van der Waals surface area contributed by atoms with Gasteiger partial charge in [0, 0.05) is 10.6 Å². The van der Waals surface area contributed by atoms with E-state index in [-0.39, 0.29) is 5.56 Å². The Labute approximate surface area is 97.5 Å². The predicted molar refractivity (Wildman–Crippen MR) is 61.8 cm³/mol. The van der Waals surface area contributed by atoms with Gasteiger partial charge in [0.2, 0.25) is 0 Å². The minimum Gasteiger partial charge on any atom is -0.205 e. The molecular weight excluding hydrogens is 230 g/mol. The maximum absolute atomic E-state index is 12.5. The van der Waals surface area contributed by atoms with Gasteiger partial charge < -0.3 is 0 Å². The summed E-state index contributed by atoms with van der Waals surface area (Å²) in [6.07, 6.45) is -2.44. The smallest absolute Gasteiger partial charge is 0.205 e. The molecule has 16 heavy (non-hydrogen) atoms. The van der Waals surface area contributed by atoms with E-state index in [1.54, 1.807) is 24.3 Å². The lowest BCUT2D eigenvalue weighted by Crippen LogP contribution is -1.85. The molecule has 0 saturated carbocycles. The van der Waals surface area contributed by atoms with Crippen molar-refractivity contribution in [1.82, 2.24) is 0 Å². The molecule has 0 amide bonds. The number of hydrogen-bond donors (Lipinski definition) is 0. The highest BCUT2D eigenvalue weighted by Crippen LogP contribution is 2.26. The second kappa shape index (κ2) is 4.62. The highest BCUT2D eigenvalue weighted by molar-refractivity contribution is 6.30. The van der Waals surface area contributed by atoms with Crippen LogP contribution in [0.3, 0.4) is 0 Å². The van der Waals surface area contributed by atoms with Crippen molar-refractivity contribution in [3.05, 3.63) is 59.1 Å². The zero-order valence-corrected chi connectivity index (χ0v) is 9.09. The molecule has 2 aromatic rings. The monoisotopic (exact) mass is 238 g/mol. The van der Waals surface area contributed by atoms with Crippen LogP contribution >= 0.6 is 11.6 Å². The van der Waals surface area contributed by atoms with E-state index in [2.05, 4.69) is 0 Å². The minimum absolute atomic E-state index is 0.0347. The summed E-state index contributed by atoms with van der Waals surface area (Å²) in [5.74, 6) is 0. The van der Waals surface area contributed by atoms with E-state index in [9.17, 15) is 8.78 Å². The van der Waals surface area contributed by atoms with Crippen LogP contribution in [0.15, 0.2) is 48.5 Å². The Balaban J connectivity index is 2.40. The maximum atomic E-state index is 12.5. The molecule has 82 valence electrons. The summed E-state index contributed by atoms with van der Waals surface area (Å²) < 4.78 is 25.0. The predicted octanol–water partition coefficient (Wildman–Crippen LogP) is 4.94. The van der Waals surface area contributed by atoms with Crippen molar-refractivity contribution >= 4 is 11.6 Å². The van der Waals surface area contributed by atoms with Gasteiger partial charge in [0.05, 0.1) is 0 Å². The molecule has 0 fully saturated rings. The van der Waals surface area contributed by atoms with Gasteiger partial charge in [-0.25, -0.2) is 8.78 Å². The second-order valence-electron chi connectivity index (χ2n) is 3.43. The third-order valence-corrected chi connectivity index (χ3v) is 2.57. The molecule has 0 bridgehead atoms. The molecule has 0 radical (unpaired) electrons. The quantitative estimate of drug-likeness (QED) is 0.695. The van der Waals surface area contributed by atoms with E-state index in [0.29, 0.717) is 5.02 Å². The first-order chi connectivity index (χ1) is 7.66. The van der Waals surface area contributed by atoms with Crippen molar-refractivity contribution in [2.75, 3.05) is 0 Å². The maximum Gasteiger partial charge on any atom is 0.263 e. The highest BCUT2D eigenvalue weighted by Gasteiger charge is 2.07. The molecule has 0 saturated heterocycles. The first-order valence-electron chi connectivity index (χ1n) is 4.81. The number of hydrogen-bond acceptors (Lipinski definition) is 0. The van der Waals surface area contributed by atoms with Gasteiger partial charge >= 0.3 is 0 Å². The number of benzene rings is 2. The van der Waals surface area contributed by atoms with Crippen molar-refractivity contribution in [3.63, 3.8) is 0 Å². The van der Waals surface area contributed by atoms with Gasteiger partial charge in [0.15, 0.2) is 0 Å². The van der Waals surface area contributed by atoms with Gasteiger partial charge in [-0.2, -0.15) is 0 Å². The van der Waals surface area contributed by atoms with Crippen LogP contribution in [0.1, 0.15) is 12.0 Å². The highest BCUT2D eigenvalue weighted by atomic mass is 35.5. The molecule has 0 N–H and O–H groups in total. The van der Waals surface area contributed by atoms with Crippen LogP contribution in [0, 0.1) is 0 Å². The molecule has 2 aromatic carbocycles.